The zero-order valence-corrected chi connectivity index (χ0v) is 15.9. The highest BCUT2D eigenvalue weighted by atomic mass is 35.5. The number of hydrogen-bond acceptors (Lipinski definition) is 4. The lowest BCUT2D eigenvalue weighted by atomic mass is 9.78. The molecule has 3 N–H and O–H groups in total. The number of amides is 1. The van der Waals surface area contributed by atoms with Crippen LogP contribution in [0.2, 0.25) is 0 Å². The van der Waals surface area contributed by atoms with Gasteiger partial charge in [0.05, 0.1) is 4.90 Å². The third-order valence-electron chi connectivity index (χ3n) is 4.29. The topological polar surface area (TPSA) is 87.3 Å². The minimum Gasteiger partial charge on any atom is -0.326 e. The highest BCUT2D eigenvalue weighted by Crippen LogP contribution is 2.29. The van der Waals surface area contributed by atoms with E-state index < -0.39 is 10.0 Å². The molecule has 8 heteroatoms. The van der Waals surface area contributed by atoms with Crippen LogP contribution in [0.25, 0.3) is 0 Å². The number of hydrogen-bond donors (Lipinski definition) is 3. The Labute approximate surface area is 150 Å². The lowest BCUT2D eigenvalue weighted by Crippen LogP contribution is -2.52. The summed E-state index contributed by atoms with van der Waals surface area (Å²) in [6.07, 6.45) is 2.19. The number of benzene rings is 1. The number of anilines is 1. The first-order valence-corrected chi connectivity index (χ1v) is 9.30. The smallest absolute Gasteiger partial charge is 0.240 e. The van der Waals surface area contributed by atoms with Crippen LogP contribution in [0.15, 0.2) is 29.2 Å². The number of piperidine rings is 1. The summed E-state index contributed by atoms with van der Waals surface area (Å²) in [5.74, 6) is -0.190. The second-order valence-electron chi connectivity index (χ2n) is 6.66. The largest absolute Gasteiger partial charge is 0.326 e. The molecule has 0 aliphatic carbocycles. The summed E-state index contributed by atoms with van der Waals surface area (Å²) in [7, 11) is -3.56. The van der Waals surface area contributed by atoms with Gasteiger partial charge in [0.25, 0.3) is 0 Å². The van der Waals surface area contributed by atoms with Gasteiger partial charge in [-0.1, -0.05) is 13.8 Å². The van der Waals surface area contributed by atoms with Crippen LogP contribution in [0.4, 0.5) is 5.69 Å². The van der Waals surface area contributed by atoms with E-state index in [-0.39, 0.29) is 34.7 Å². The molecule has 2 rings (SSSR count). The molecule has 0 aromatic heterocycles. The molecule has 24 heavy (non-hydrogen) atoms. The first-order chi connectivity index (χ1) is 10.7. The van der Waals surface area contributed by atoms with E-state index in [9.17, 15) is 13.2 Å². The maximum Gasteiger partial charge on any atom is 0.240 e. The molecule has 136 valence electrons. The fourth-order valence-corrected chi connectivity index (χ4v) is 3.86. The van der Waals surface area contributed by atoms with E-state index in [2.05, 4.69) is 29.2 Å². The predicted octanol–water partition coefficient (Wildman–Crippen LogP) is 2.12. The van der Waals surface area contributed by atoms with E-state index in [0.29, 0.717) is 12.2 Å². The van der Waals surface area contributed by atoms with E-state index in [1.165, 1.54) is 19.1 Å². The molecule has 1 saturated heterocycles. The van der Waals surface area contributed by atoms with Crippen LogP contribution in [-0.2, 0) is 14.8 Å². The zero-order chi connectivity index (χ0) is 17.1. The van der Waals surface area contributed by atoms with Crippen molar-refractivity contribution in [3.8, 4) is 0 Å². The lowest BCUT2D eigenvalue weighted by molar-refractivity contribution is -0.114. The van der Waals surface area contributed by atoms with Crippen molar-refractivity contribution in [3.05, 3.63) is 24.3 Å². The highest BCUT2D eigenvalue weighted by Gasteiger charge is 2.32. The predicted molar refractivity (Wildman–Crippen MR) is 98.0 cm³/mol. The summed E-state index contributed by atoms with van der Waals surface area (Å²) in [6.45, 7) is 7.00. The minimum absolute atomic E-state index is 0. The number of rotatable bonds is 5. The number of carbonyl (C=O) groups is 1. The molecular formula is C16H26ClN3O3S. The second-order valence-corrected chi connectivity index (χ2v) is 8.42. The Morgan fingerprint density at radius 3 is 2.46 bits per heavy atom. The van der Waals surface area contributed by atoms with Gasteiger partial charge in [0.2, 0.25) is 15.9 Å². The fraction of sp³-hybridized carbons (Fsp3) is 0.562. The highest BCUT2D eigenvalue weighted by molar-refractivity contribution is 7.89. The van der Waals surface area contributed by atoms with E-state index in [4.69, 9.17) is 0 Å². The van der Waals surface area contributed by atoms with Gasteiger partial charge in [-0.3, -0.25) is 4.79 Å². The number of carbonyl (C=O) groups excluding carboxylic acids is 1. The molecule has 1 aromatic carbocycles. The number of nitrogens with one attached hydrogen (secondary N) is 3. The molecule has 1 heterocycles. The molecule has 0 radical (unpaired) electrons. The van der Waals surface area contributed by atoms with Crippen molar-refractivity contribution in [2.24, 2.45) is 5.41 Å². The van der Waals surface area contributed by atoms with Crippen LogP contribution >= 0.6 is 12.4 Å². The van der Waals surface area contributed by atoms with Crippen LogP contribution in [-0.4, -0.2) is 33.5 Å². The Hall–Kier alpha value is -1.15. The third-order valence-corrected chi connectivity index (χ3v) is 5.73. The third kappa shape index (κ3) is 5.44. The Morgan fingerprint density at radius 2 is 1.92 bits per heavy atom. The summed E-state index contributed by atoms with van der Waals surface area (Å²) in [4.78, 5) is 11.2. The summed E-state index contributed by atoms with van der Waals surface area (Å²) in [5, 5.41) is 6.00. The monoisotopic (exact) mass is 375 g/mol. The lowest BCUT2D eigenvalue weighted by Gasteiger charge is -2.39. The number of halogens is 1. The molecule has 1 aliphatic heterocycles. The van der Waals surface area contributed by atoms with Gasteiger partial charge in [0, 0.05) is 25.2 Å². The van der Waals surface area contributed by atoms with E-state index >= 15 is 0 Å². The van der Waals surface area contributed by atoms with Gasteiger partial charge < -0.3 is 10.6 Å². The average Bonchev–Trinajstić information content (AvgIpc) is 2.45. The van der Waals surface area contributed by atoms with E-state index in [1.807, 2.05) is 0 Å². The first kappa shape index (κ1) is 20.9. The average molecular weight is 376 g/mol. The zero-order valence-electron chi connectivity index (χ0n) is 14.3. The molecule has 0 spiro atoms. The summed E-state index contributed by atoms with van der Waals surface area (Å²) in [5.41, 5.74) is 0.641. The Kier molecular flexibility index (Phi) is 7.22. The molecule has 1 fully saturated rings. The van der Waals surface area contributed by atoms with Gasteiger partial charge in [0.15, 0.2) is 0 Å². The normalized spacial score (nSPS) is 20.0. The molecule has 1 atom stereocenters. The van der Waals surface area contributed by atoms with Crippen molar-refractivity contribution in [1.82, 2.24) is 10.0 Å². The minimum atomic E-state index is -3.56. The van der Waals surface area contributed by atoms with Gasteiger partial charge >= 0.3 is 0 Å². The second kappa shape index (κ2) is 8.29. The van der Waals surface area contributed by atoms with Crippen molar-refractivity contribution in [2.45, 2.75) is 44.6 Å². The van der Waals surface area contributed by atoms with Crippen molar-refractivity contribution in [3.63, 3.8) is 0 Å². The molecule has 1 aromatic rings. The molecular weight excluding hydrogens is 350 g/mol. The van der Waals surface area contributed by atoms with Crippen LogP contribution in [0.1, 0.15) is 33.6 Å². The number of sulfonamides is 1. The summed E-state index contributed by atoms with van der Waals surface area (Å²) >= 11 is 0. The van der Waals surface area contributed by atoms with Gasteiger partial charge in [-0.15, -0.1) is 12.4 Å². The van der Waals surface area contributed by atoms with Crippen LogP contribution in [0.3, 0.4) is 0 Å². The summed E-state index contributed by atoms with van der Waals surface area (Å²) in [6, 6.07) is 6.27. The van der Waals surface area contributed by atoms with Gasteiger partial charge in [-0.25, -0.2) is 13.1 Å². The molecule has 1 amide bonds. The standard InChI is InChI=1S/C16H25N3O3S.ClH/c1-12(20)19-13-5-7-14(8-6-13)23(21,22)18-11-15-16(2,3)9-4-10-17-15;/h5-8,15,17-18H,4,9-11H2,1-3H3,(H,19,20);1H. The maximum absolute atomic E-state index is 12.4. The quantitative estimate of drug-likeness (QED) is 0.735. The molecule has 1 unspecified atom stereocenters. The van der Waals surface area contributed by atoms with Crippen molar-refractivity contribution >= 4 is 34.0 Å². The van der Waals surface area contributed by atoms with E-state index in [0.717, 1.165) is 19.4 Å². The Morgan fingerprint density at radius 1 is 1.29 bits per heavy atom. The summed E-state index contributed by atoms with van der Waals surface area (Å²) < 4.78 is 27.5. The molecule has 0 bridgehead atoms. The fourth-order valence-electron chi connectivity index (χ4n) is 2.82. The first-order valence-electron chi connectivity index (χ1n) is 7.81. The van der Waals surface area contributed by atoms with Gasteiger partial charge in [0.1, 0.15) is 0 Å². The van der Waals surface area contributed by atoms with Crippen LogP contribution in [0, 0.1) is 5.41 Å². The molecule has 0 saturated carbocycles. The molecule has 6 nitrogen and oxygen atoms in total. The van der Waals surface area contributed by atoms with Crippen LogP contribution in [0.5, 0.6) is 0 Å². The van der Waals surface area contributed by atoms with Gasteiger partial charge in [-0.2, -0.15) is 0 Å². The molecule has 1 aliphatic rings. The maximum atomic E-state index is 12.4. The SMILES string of the molecule is CC(=O)Nc1ccc(S(=O)(=O)NCC2NCCCC2(C)C)cc1.Cl. The van der Waals surface area contributed by atoms with Crippen molar-refractivity contribution in [2.75, 3.05) is 18.4 Å². The van der Waals surface area contributed by atoms with Crippen LogP contribution < -0.4 is 15.4 Å². The van der Waals surface area contributed by atoms with Crippen molar-refractivity contribution in [1.29, 1.82) is 0 Å². The van der Waals surface area contributed by atoms with Gasteiger partial charge in [-0.05, 0) is 49.1 Å². The van der Waals surface area contributed by atoms with E-state index in [1.54, 1.807) is 12.1 Å². The Balaban J connectivity index is 0.00000288. The Bertz CT molecular complexity index is 660. The van der Waals surface area contributed by atoms with Crippen molar-refractivity contribution < 1.29 is 13.2 Å².